The first-order chi connectivity index (χ1) is 11.7. The Bertz CT molecular complexity index is 635. The van der Waals surface area contributed by atoms with Crippen molar-refractivity contribution in [2.24, 2.45) is 0 Å². The monoisotopic (exact) mass is 347 g/mol. The molecule has 4 nitrogen and oxygen atoms in total. The lowest BCUT2D eigenvalue weighted by atomic mass is 10.1. The summed E-state index contributed by atoms with van der Waals surface area (Å²) in [7, 11) is 0. The normalized spacial score (nSPS) is 21.0. The van der Waals surface area contributed by atoms with Crippen LogP contribution in [0.2, 0.25) is 0 Å². The Labute approximate surface area is 145 Å². The van der Waals surface area contributed by atoms with E-state index in [-0.39, 0.29) is 11.9 Å². The third-order valence-corrected chi connectivity index (χ3v) is 5.20. The maximum Gasteiger partial charge on any atom is 0.220 e. The molecule has 1 fully saturated rings. The minimum Gasteiger partial charge on any atom is -0.355 e. The van der Waals surface area contributed by atoms with Gasteiger partial charge in [0.15, 0.2) is 0 Å². The first kappa shape index (κ1) is 17.0. The Morgan fingerprint density at radius 3 is 2.96 bits per heavy atom. The van der Waals surface area contributed by atoms with Crippen molar-refractivity contribution in [3.8, 4) is 0 Å². The van der Waals surface area contributed by atoms with E-state index in [2.05, 4.69) is 21.3 Å². The molecule has 6 heteroatoms. The van der Waals surface area contributed by atoms with Crippen molar-refractivity contribution in [1.29, 1.82) is 0 Å². The van der Waals surface area contributed by atoms with Gasteiger partial charge < -0.3 is 5.32 Å². The third kappa shape index (κ3) is 4.85. The Morgan fingerprint density at radius 2 is 2.21 bits per heavy atom. The number of nitrogens with one attached hydrogen (secondary N) is 1. The smallest absolute Gasteiger partial charge is 0.220 e. The maximum absolute atomic E-state index is 13.8. The van der Waals surface area contributed by atoms with E-state index in [0.29, 0.717) is 32.4 Å². The van der Waals surface area contributed by atoms with Crippen LogP contribution in [0.5, 0.6) is 0 Å². The van der Waals surface area contributed by atoms with Gasteiger partial charge >= 0.3 is 0 Å². The summed E-state index contributed by atoms with van der Waals surface area (Å²) in [6.07, 6.45) is 4.30. The quantitative estimate of drug-likeness (QED) is 0.838. The molecule has 2 aromatic heterocycles. The fourth-order valence-corrected chi connectivity index (χ4v) is 3.79. The van der Waals surface area contributed by atoms with Crippen LogP contribution in [0.3, 0.4) is 0 Å². The molecule has 0 radical (unpaired) electrons. The average molecular weight is 347 g/mol. The van der Waals surface area contributed by atoms with Crippen molar-refractivity contribution in [3.05, 3.63) is 52.5 Å². The molecular formula is C18H22FN3OS. The number of alkyl halides is 1. The molecule has 3 heterocycles. The molecule has 1 aliphatic heterocycles. The zero-order chi connectivity index (χ0) is 16.8. The molecule has 2 aromatic rings. The van der Waals surface area contributed by atoms with Gasteiger partial charge in [-0.05, 0) is 42.0 Å². The summed E-state index contributed by atoms with van der Waals surface area (Å²) in [4.78, 5) is 19.4. The van der Waals surface area contributed by atoms with Crippen LogP contribution in [-0.2, 0) is 17.8 Å². The van der Waals surface area contributed by atoms with Gasteiger partial charge in [0.25, 0.3) is 0 Å². The number of halogens is 1. The second kappa shape index (κ2) is 8.35. The van der Waals surface area contributed by atoms with E-state index in [1.165, 1.54) is 4.88 Å². The number of carbonyl (C=O) groups is 1. The lowest BCUT2D eigenvalue weighted by molar-refractivity contribution is -0.121. The van der Waals surface area contributed by atoms with Crippen LogP contribution in [0, 0.1) is 0 Å². The molecule has 1 N–H and O–H groups in total. The van der Waals surface area contributed by atoms with E-state index >= 15 is 0 Å². The summed E-state index contributed by atoms with van der Waals surface area (Å²) >= 11 is 1.69. The molecular weight excluding hydrogens is 325 g/mol. The van der Waals surface area contributed by atoms with Crippen molar-refractivity contribution in [2.75, 3.05) is 13.1 Å². The number of thiophene rings is 1. The van der Waals surface area contributed by atoms with E-state index in [4.69, 9.17) is 0 Å². The third-order valence-electron chi connectivity index (χ3n) is 4.34. The van der Waals surface area contributed by atoms with E-state index in [1.54, 1.807) is 23.7 Å². The highest BCUT2D eigenvalue weighted by Gasteiger charge is 2.32. The summed E-state index contributed by atoms with van der Waals surface area (Å²) in [5, 5.41) is 5.00. The summed E-state index contributed by atoms with van der Waals surface area (Å²) in [6, 6.07) is 7.99. The first-order valence-electron chi connectivity index (χ1n) is 8.27. The molecule has 0 spiro atoms. The predicted molar refractivity (Wildman–Crippen MR) is 93.6 cm³/mol. The first-order valence-corrected chi connectivity index (χ1v) is 9.15. The van der Waals surface area contributed by atoms with Crippen molar-refractivity contribution >= 4 is 17.2 Å². The fourth-order valence-electron chi connectivity index (χ4n) is 3.06. The van der Waals surface area contributed by atoms with E-state index in [9.17, 15) is 9.18 Å². The van der Waals surface area contributed by atoms with Gasteiger partial charge in [-0.2, -0.15) is 0 Å². The second-order valence-corrected chi connectivity index (χ2v) is 7.19. The maximum atomic E-state index is 13.8. The summed E-state index contributed by atoms with van der Waals surface area (Å²) in [5.41, 5.74) is 1.10. The molecule has 0 bridgehead atoms. The lowest BCUT2D eigenvalue weighted by Crippen LogP contribution is -2.39. The number of carbonyl (C=O) groups excluding carboxylic acids is 1. The molecule has 0 aromatic carbocycles. The molecule has 2 atom stereocenters. The number of aryl methyl sites for hydroxylation is 1. The summed E-state index contributed by atoms with van der Waals surface area (Å²) < 4.78 is 13.8. The Hall–Kier alpha value is -1.79. The highest BCUT2D eigenvalue weighted by Crippen LogP contribution is 2.23. The molecule has 3 rings (SSSR count). The minimum absolute atomic E-state index is 0.0187. The number of pyridine rings is 1. The fraction of sp³-hybridized carbons (Fsp3) is 0.444. The van der Waals surface area contributed by atoms with Gasteiger partial charge in [-0.1, -0.05) is 6.07 Å². The van der Waals surface area contributed by atoms with Crippen LogP contribution in [0.25, 0.3) is 0 Å². The van der Waals surface area contributed by atoms with E-state index in [1.807, 2.05) is 23.6 Å². The SMILES string of the molecule is O=C(CCc1ccncc1)NC[C@@H]1C[C@H](F)CN1Cc1cccs1. The van der Waals surface area contributed by atoms with Crippen LogP contribution in [0.4, 0.5) is 4.39 Å². The molecule has 1 aliphatic rings. The summed E-state index contributed by atoms with van der Waals surface area (Å²) in [5.74, 6) is 0.0187. The standard InChI is InChI=1S/C18H22FN3OS/c19-15-10-16(22(12-15)13-17-2-1-9-24-17)11-21-18(23)4-3-14-5-7-20-8-6-14/h1-2,5-9,15-16H,3-4,10-13H2,(H,21,23)/t15-,16-/m0/s1. The van der Waals surface area contributed by atoms with Crippen molar-refractivity contribution < 1.29 is 9.18 Å². The molecule has 1 amide bonds. The van der Waals surface area contributed by atoms with Crippen molar-refractivity contribution in [2.45, 2.75) is 38.0 Å². The molecule has 0 unspecified atom stereocenters. The van der Waals surface area contributed by atoms with Gasteiger partial charge in [0.2, 0.25) is 5.91 Å². The number of nitrogens with zero attached hydrogens (tertiary/aromatic N) is 2. The van der Waals surface area contributed by atoms with Gasteiger partial charge in [0, 0.05) is 49.4 Å². The topological polar surface area (TPSA) is 45.2 Å². The number of hydrogen-bond acceptors (Lipinski definition) is 4. The number of hydrogen-bond donors (Lipinski definition) is 1. The molecule has 0 aliphatic carbocycles. The van der Waals surface area contributed by atoms with Gasteiger partial charge in [-0.25, -0.2) is 4.39 Å². The van der Waals surface area contributed by atoms with E-state index in [0.717, 1.165) is 12.1 Å². The van der Waals surface area contributed by atoms with Crippen LogP contribution in [-0.4, -0.2) is 41.1 Å². The second-order valence-electron chi connectivity index (χ2n) is 6.16. The van der Waals surface area contributed by atoms with Gasteiger partial charge in [-0.15, -0.1) is 11.3 Å². The highest BCUT2D eigenvalue weighted by atomic mass is 32.1. The molecule has 1 saturated heterocycles. The van der Waals surface area contributed by atoms with Crippen molar-refractivity contribution in [1.82, 2.24) is 15.2 Å². The zero-order valence-electron chi connectivity index (χ0n) is 13.5. The van der Waals surface area contributed by atoms with Crippen molar-refractivity contribution in [3.63, 3.8) is 0 Å². The predicted octanol–water partition coefficient (Wildman–Crippen LogP) is 2.80. The number of rotatable bonds is 7. The Kier molecular flexibility index (Phi) is 5.93. The average Bonchev–Trinajstić information content (AvgIpc) is 3.22. The number of likely N-dealkylation sites (tertiary alicyclic amines) is 1. The Morgan fingerprint density at radius 1 is 1.38 bits per heavy atom. The van der Waals surface area contributed by atoms with Gasteiger partial charge in [0.1, 0.15) is 6.17 Å². The van der Waals surface area contributed by atoms with Gasteiger partial charge in [0.05, 0.1) is 0 Å². The molecule has 0 saturated carbocycles. The number of aromatic nitrogens is 1. The Balaban J connectivity index is 1.44. The summed E-state index contributed by atoms with van der Waals surface area (Å²) in [6.45, 7) is 1.73. The van der Waals surface area contributed by atoms with Gasteiger partial charge in [-0.3, -0.25) is 14.7 Å². The minimum atomic E-state index is -0.802. The van der Waals surface area contributed by atoms with Crippen LogP contribution in [0.1, 0.15) is 23.3 Å². The van der Waals surface area contributed by atoms with Crippen LogP contribution in [0.15, 0.2) is 42.0 Å². The molecule has 128 valence electrons. The molecule has 24 heavy (non-hydrogen) atoms. The zero-order valence-corrected chi connectivity index (χ0v) is 14.3. The number of amides is 1. The largest absolute Gasteiger partial charge is 0.355 e. The van der Waals surface area contributed by atoms with Crippen LogP contribution < -0.4 is 5.32 Å². The van der Waals surface area contributed by atoms with Crippen LogP contribution >= 0.6 is 11.3 Å². The highest BCUT2D eigenvalue weighted by molar-refractivity contribution is 7.09. The lowest BCUT2D eigenvalue weighted by Gasteiger charge is -2.23. The van der Waals surface area contributed by atoms with E-state index < -0.39 is 6.17 Å².